The minimum Gasteiger partial charge on any atom is -0.322 e. The Labute approximate surface area is 185 Å². The number of hydrogen-bond donors (Lipinski definition) is 1. The Balaban J connectivity index is 1.40. The summed E-state index contributed by atoms with van der Waals surface area (Å²) in [4.78, 5) is 37.8. The van der Waals surface area contributed by atoms with Crippen LogP contribution in [0.2, 0.25) is 0 Å². The molecule has 2 aliphatic heterocycles. The molecule has 5 rings (SSSR count). The highest BCUT2D eigenvalue weighted by Crippen LogP contribution is 2.32. The van der Waals surface area contributed by atoms with Crippen LogP contribution < -0.4 is 5.32 Å². The van der Waals surface area contributed by atoms with Gasteiger partial charge in [0.25, 0.3) is 5.91 Å². The lowest BCUT2D eigenvalue weighted by atomic mass is 10.0. The minimum absolute atomic E-state index is 0.166. The zero-order chi connectivity index (χ0) is 23.3. The third-order valence-electron chi connectivity index (χ3n) is 5.75. The van der Waals surface area contributed by atoms with E-state index in [9.17, 15) is 27.6 Å². The van der Waals surface area contributed by atoms with Gasteiger partial charge in [0.05, 0.1) is 17.4 Å². The summed E-state index contributed by atoms with van der Waals surface area (Å²) in [5.74, 6) is -1.14. The van der Waals surface area contributed by atoms with Crippen LogP contribution in [0.4, 0.5) is 13.2 Å². The van der Waals surface area contributed by atoms with E-state index in [0.717, 1.165) is 12.1 Å². The predicted octanol–water partition coefficient (Wildman–Crippen LogP) is 2.71. The predicted molar refractivity (Wildman–Crippen MR) is 108 cm³/mol. The average molecular weight is 455 g/mol. The Bertz CT molecular complexity index is 1300. The van der Waals surface area contributed by atoms with Gasteiger partial charge in [0.15, 0.2) is 0 Å². The van der Waals surface area contributed by atoms with E-state index in [1.807, 2.05) is 0 Å². The third kappa shape index (κ3) is 3.75. The van der Waals surface area contributed by atoms with E-state index in [2.05, 4.69) is 15.6 Å². The van der Waals surface area contributed by atoms with Crippen LogP contribution in [0.15, 0.2) is 48.7 Å². The Kier molecular flexibility index (Phi) is 4.76. The highest BCUT2D eigenvalue weighted by molar-refractivity contribution is 6.05. The number of imide groups is 1. The van der Waals surface area contributed by atoms with Gasteiger partial charge in [-0.15, -0.1) is 5.10 Å². The van der Waals surface area contributed by atoms with E-state index in [0.29, 0.717) is 16.8 Å². The number of aromatic nitrogens is 3. The van der Waals surface area contributed by atoms with Gasteiger partial charge in [-0.2, -0.15) is 13.2 Å². The van der Waals surface area contributed by atoms with Crippen molar-refractivity contribution in [1.82, 2.24) is 25.2 Å². The first kappa shape index (κ1) is 20.9. The molecule has 1 aromatic heterocycles. The van der Waals surface area contributed by atoms with Gasteiger partial charge in [-0.05, 0) is 42.3 Å². The van der Waals surface area contributed by atoms with Crippen molar-refractivity contribution in [3.63, 3.8) is 0 Å². The van der Waals surface area contributed by atoms with Gasteiger partial charge in [-0.1, -0.05) is 17.3 Å². The molecule has 1 fully saturated rings. The molecule has 8 nitrogen and oxygen atoms in total. The average Bonchev–Trinajstić information content (AvgIpc) is 3.39. The SMILES string of the molecule is O=C1CCC(N2Cc3cc(-n4cc(-c5cccc(C(F)(F)F)c5)nn4)ccc3C2=O)C(=O)N1. The number of benzene rings is 2. The molecule has 11 heteroatoms. The summed E-state index contributed by atoms with van der Waals surface area (Å²) in [5, 5.41) is 10.3. The molecular formula is C22H16F3N5O3. The fourth-order valence-electron chi connectivity index (χ4n) is 4.08. The van der Waals surface area contributed by atoms with Crippen molar-refractivity contribution in [3.8, 4) is 16.9 Å². The van der Waals surface area contributed by atoms with Gasteiger partial charge < -0.3 is 4.90 Å². The second-order valence-electron chi connectivity index (χ2n) is 7.87. The van der Waals surface area contributed by atoms with Crippen LogP contribution in [0.1, 0.15) is 34.3 Å². The number of hydrogen-bond acceptors (Lipinski definition) is 5. The summed E-state index contributed by atoms with van der Waals surface area (Å²) in [5.41, 5.74) is 1.45. The number of amides is 3. The molecule has 2 aliphatic rings. The maximum atomic E-state index is 13.0. The topological polar surface area (TPSA) is 97.2 Å². The smallest absolute Gasteiger partial charge is 0.322 e. The molecule has 0 aliphatic carbocycles. The summed E-state index contributed by atoms with van der Waals surface area (Å²) in [6, 6.07) is 9.09. The van der Waals surface area contributed by atoms with Gasteiger partial charge in [0.2, 0.25) is 11.8 Å². The van der Waals surface area contributed by atoms with Crippen LogP contribution >= 0.6 is 0 Å². The second-order valence-corrected chi connectivity index (χ2v) is 7.87. The van der Waals surface area contributed by atoms with Crippen molar-refractivity contribution in [2.24, 2.45) is 0 Å². The van der Waals surface area contributed by atoms with Crippen molar-refractivity contribution in [2.75, 3.05) is 0 Å². The Morgan fingerprint density at radius 1 is 1.06 bits per heavy atom. The third-order valence-corrected chi connectivity index (χ3v) is 5.75. The number of fused-ring (bicyclic) bond motifs is 1. The fraction of sp³-hybridized carbons (Fsp3) is 0.227. The van der Waals surface area contributed by atoms with Crippen molar-refractivity contribution < 1.29 is 27.6 Å². The standard InChI is InChI=1S/C22H16F3N5O3/c23-22(24,25)14-3-1-2-12(8-14)17-11-30(28-27-17)15-4-5-16-13(9-15)10-29(21(16)33)18-6-7-19(31)26-20(18)32/h1-5,8-9,11,18H,6-7,10H2,(H,26,31,32). The monoisotopic (exact) mass is 455 g/mol. The summed E-state index contributed by atoms with van der Waals surface area (Å²) in [7, 11) is 0. The number of nitrogens with zero attached hydrogens (tertiary/aromatic N) is 4. The number of nitrogens with one attached hydrogen (secondary N) is 1. The van der Waals surface area contributed by atoms with Crippen LogP contribution in [0, 0.1) is 0 Å². The van der Waals surface area contributed by atoms with E-state index >= 15 is 0 Å². The molecule has 3 heterocycles. The van der Waals surface area contributed by atoms with Crippen LogP contribution in [0.5, 0.6) is 0 Å². The summed E-state index contributed by atoms with van der Waals surface area (Å²) >= 11 is 0. The maximum Gasteiger partial charge on any atom is 0.416 e. The Hall–Kier alpha value is -4.02. The number of carbonyl (C=O) groups is 3. The van der Waals surface area contributed by atoms with Crippen LogP contribution in [0.3, 0.4) is 0 Å². The molecule has 0 bridgehead atoms. The zero-order valence-corrected chi connectivity index (χ0v) is 17.0. The lowest BCUT2D eigenvalue weighted by Gasteiger charge is -2.29. The molecule has 0 saturated carbocycles. The van der Waals surface area contributed by atoms with E-state index in [-0.39, 0.29) is 42.5 Å². The van der Waals surface area contributed by atoms with Gasteiger partial charge >= 0.3 is 6.18 Å². The molecule has 0 spiro atoms. The normalized spacial score (nSPS) is 18.5. The number of halogens is 3. The van der Waals surface area contributed by atoms with Crippen LogP contribution in [0.25, 0.3) is 16.9 Å². The van der Waals surface area contributed by atoms with Crippen LogP contribution in [-0.2, 0) is 22.3 Å². The molecule has 1 N–H and O–H groups in total. The van der Waals surface area contributed by atoms with E-state index in [1.165, 1.54) is 27.9 Å². The first-order chi connectivity index (χ1) is 15.7. The largest absolute Gasteiger partial charge is 0.416 e. The second kappa shape index (κ2) is 7.54. The van der Waals surface area contributed by atoms with Crippen molar-refractivity contribution in [2.45, 2.75) is 31.6 Å². The van der Waals surface area contributed by atoms with Gasteiger partial charge in [0.1, 0.15) is 11.7 Å². The van der Waals surface area contributed by atoms with Gasteiger partial charge in [-0.25, -0.2) is 4.68 Å². The first-order valence-corrected chi connectivity index (χ1v) is 10.1. The van der Waals surface area contributed by atoms with E-state index in [4.69, 9.17) is 0 Å². The molecule has 0 radical (unpaired) electrons. The molecule has 33 heavy (non-hydrogen) atoms. The minimum atomic E-state index is -4.47. The molecule has 3 aromatic rings. The van der Waals surface area contributed by atoms with Crippen molar-refractivity contribution in [1.29, 1.82) is 0 Å². The van der Waals surface area contributed by atoms with Gasteiger partial charge in [0, 0.05) is 24.1 Å². The summed E-state index contributed by atoms with van der Waals surface area (Å²) in [6.07, 6.45) is -2.53. The first-order valence-electron chi connectivity index (χ1n) is 10.1. The number of piperidine rings is 1. The molecule has 2 aromatic carbocycles. The zero-order valence-electron chi connectivity index (χ0n) is 17.0. The van der Waals surface area contributed by atoms with E-state index in [1.54, 1.807) is 18.2 Å². The number of carbonyl (C=O) groups excluding carboxylic acids is 3. The molecule has 1 atom stereocenters. The number of alkyl halides is 3. The van der Waals surface area contributed by atoms with E-state index < -0.39 is 23.7 Å². The summed E-state index contributed by atoms with van der Waals surface area (Å²) in [6.45, 7) is 0.198. The quantitative estimate of drug-likeness (QED) is 0.613. The maximum absolute atomic E-state index is 13.0. The highest BCUT2D eigenvalue weighted by atomic mass is 19.4. The highest BCUT2D eigenvalue weighted by Gasteiger charge is 2.39. The number of rotatable bonds is 3. The molecule has 1 saturated heterocycles. The Morgan fingerprint density at radius 2 is 1.88 bits per heavy atom. The Morgan fingerprint density at radius 3 is 2.64 bits per heavy atom. The molecular weight excluding hydrogens is 439 g/mol. The van der Waals surface area contributed by atoms with Crippen LogP contribution in [-0.4, -0.2) is 43.7 Å². The molecule has 1 unspecified atom stereocenters. The van der Waals surface area contributed by atoms with Crippen molar-refractivity contribution in [3.05, 3.63) is 65.4 Å². The van der Waals surface area contributed by atoms with Gasteiger partial charge in [-0.3, -0.25) is 19.7 Å². The molecule has 168 valence electrons. The van der Waals surface area contributed by atoms with Crippen molar-refractivity contribution >= 4 is 17.7 Å². The lowest BCUT2D eigenvalue weighted by molar-refractivity contribution is -0.138. The summed E-state index contributed by atoms with van der Waals surface area (Å²) < 4.78 is 40.4. The lowest BCUT2D eigenvalue weighted by Crippen LogP contribution is -2.52. The fourth-order valence-corrected chi connectivity index (χ4v) is 4.08. The molecule has 3 amide bonds.